The van der Waals surface area contributed by atoms with E-state index < -0.39 is 5.91 Å². The van der Waals surface area contributed by atoms with Crippen LogP contribution in [0.25, 0.3) is 11.3 Å². The van der Waals surface area contributed by atoms with Crippen molar-refractivity contribution in [2.75, 3.05) is 19.0 Å². The largest absolute Gasteiger partial charge is 0.484 e. The first-order chi connectivity index (χ1) is 14.8. The number of likely N-dealkylation sites (N-methyl/N-ethyl adjacent to an activating group) is 1. The number of hydrogen-bond acceptors (Lipinski definition) is 5. The van der Waals surface area contributed by atoms with E-state index in [2.05, 4.69) is 20.6 Å². The van der Waals surface area contributed by atoms with Crippen LogP contribution in [-0.2, 0) is 4.79 Å². The van der Waals surface area contributed by atoms with Crippen molar-refractivity contribution in [1.82, 2.24) is 15.3 Å². The Balaban J connectivity index is 1.82. The van der Waals surface area contributed by atoms with E-state index in [1.54, 1.807) is 36.4 Å². The van der Waals surface area contributed by atoms with Gasteiger partial charge >= 0.3 is 0 Å². The molecule has 0 aliphatic carbocycles. The number of benzene rings is 2. The van der Waals surface area contributed by atoms with Crippen LogP contribution in [0, 0.1) is 13.8 Å². The fraction of sp³-hybridized carbons (Fsp3) is 0.182. The molecule has 3 aromatic rings. The summed E-state index contributed by atoms with van der Waals surface area (Å²) >= 11 is 12.3. The van der Waals surface area contributed by atoms with E-state index in [9.17, 15) is 9.59 Å². The highest BCUT2D eigenvalue weighted by atomic mass is 35.5. The van der Waals surface area contributed by atoms with Gasteiger partial charge in [0.25, 0.3) is 11.8 Å². The molecule has 7 nitrogen and oxygen atoms in total. The first kappa shape index (κ1) is 22.5. The molecule has 9 heteroatoms. The Morgan fingerprint density at radius 3 is 2.45 bits per heavy atom. The van der Waals surface area contributed by atoms with E-state index in [0.29, 0.717) is 32.7 Å². The van der Waals surface area contributed by atoms with Crippen LogP contribution in [0.2, 0.25) is 10.0 Å². The Hall–Kier alpha value is -3.16. The lowest BCUT2D eigenvalue weighted by atomic mass is 10.1. The average Bonchev–Trinajstić information content (AvgIpc) is 2.76. The maximum Gasteiger partial charge on any atom is 0.293 e. The van der Waals surface area contributed by atoms with Crippen molar-refractivity contribution in [1.29, 1.82) is 0 Å². The van der Waals surface area contributed by atoms with E-state index in [-0.39, 0.29) is 18.3 Å². The van der Waals surface area contributed by atoms with E-state index in [0.717, 1.165) is 11.1 Å². The van der Waals surface area contributed by atoms with Crippen molar-refractivity contribution < 1.29 is 14.3 Å². The van der Waals surface area contributed by atoms with Crippen molar-refractivity contribution in [3.05, 3.63) is 69.6 Å². The van der Waals surface area contributed by atoms with Gasteiger partial charge in [0.05, 0.1) is 10.7 Å². The molecule has 1 heterocycles. The maximum atomic E-state index is 12.8. The highest BCUT2D eigenvalue weighted by Gasteiger charge is 2.16. The van der Waals surface area contributed by atoms with Crippen molar-refractivity contribution in [2.24, 2.45) is 0 Å². The second-order valence-electron chi connectivity index (χ2n) is 6.74. The van der Waals surface area contributed by atoms with Crippen LogP contribution in [0.3, 0.4) is 0 Å². The maximum absolute atomic E-state index is 12.8. The van der Waals surface area contributed by atoms with Crippen LogP contribution in [0.4, 0.5) is 5.69 Å². The first-order valence-electron chi connectivity index (χ1n) is 9.33. The molecule has 0 saturated carbocycles. The third-order valence-electron chi connectivity index (χ3n) is 4.46. The monoisotopic (exact) mass is 458 g/mol. The van der Waals surface area contributed by atoms with Gasteiger partial charge in [-0.15, -0.1) is 0 Å². The Bertz CT molecular complexity index is 1130. The number of amides is 2. The smallest absolute Gasteiger partial charge is 0.293 e. The first-order valence-corrected chi connectivity index (χ1v) is 10.1. The lowest BCUT2D eigenvalue weighted by molar-refractivity contribution is -0.122. The third-order valence-corrected chi connectivity index (χ3v) is 5.02. The van der Waals surface area contributed by atoms with Crippen LogP contribution in [0.15, 0.2) is 42.6 Å². The van der Waals surface area contributed by atoms with Gasteiger partial charge in [-0.2, -0.15) is 0 Å². The lowest BCUT2D eigenvalue weighted by Gasteiger charge is -2.14. The van der Waals surface area contributed by atoms with E-state index in [4.69, 9.17) is 27.9 Å². The van der Waals surface area contributed by atoms with E-state index >= 15 is 0 Å². The van der Waals surface area contributed by atoms with Crippen molar-refractivity contribution in [3.8, 4) is 17.0 Å². The topological polar surface area (TPSA) is 93.2 Å². The molecule has 2 aromatic carbocycles. The van der Waals surface area contributed by atoms with Crippen LogP contribution in [0.5, 0.6) is 5.75 Å². The Labute approximate surface area is 189 Å². The molecular formula is C22H20Cl2N4O3. The molecule has 3 rings (SSSR count). The summed E-state index contributed by atoms with van der Waals surface area (Å²) in [5.74, 6) is -0.174. The summed E-state index contributed by atoms with van der Waals surface area (Å²) in [7, 11) is 1.54. The highest BCUT2D eigenvalue weighted by Crippen LogP contribution is 2.30. The molecule has 0 radical (unpaired) electrons. The molecule has 0 bridgehead atoms. The summed E-state index contributed by atoms with van der Waals surface area (Å²) < 4.78 is 5.48. The van der Waals surface area contributed by atoms with Crippen LogP contribution in [-0.4, -0.2) is 35.4 Å². The number of ether oxygens (including phenoxy) is 1. The quantitative estimate of drug-likeness (QED) is 0.569. The van der Waals surface area contributed by atoms with Gasteiger partial charge in [0.15, 0.2) is 6.61 Å². The highest BCUT2D eigenvalue weighted by molar-refractivity contribution is 6.35. The zero-order valence-corrected chi connectivity index (χ0v) is 18.6. The Morgan fingerprint density at radius 1 is 1.06 bits per heavy atom. The number of carbonyl (C=O) groups excluding carboxylic acids is 2. The van der Waals surface area contributed by atoms with Crippen LogP contribution < -0.4 is 15.4 Å². The molecule has 0 fully saturated rings. The molecule has 2 amide bonds. The van der Waals surface area contributed by atoms with Gasteiger partial charge in [0.2, 0.25) is 5.82 Å². The van der Waals surface area contributed by atoms with Crippen molar-refractivity contribution in [3.63, 3.8) is 0 Å². The fourth-order valence-electron chi connectivity index (χ4n) is 2.91. The van der Waals surface area contributed by atoms with Crippen molar-refractivity contribution in [2.45, 2.75) is 13.8 Å². The second-order valence-corrected chi connectivity index (χ2v) is 7.58. The molecule has 0 unspecified atom stereocenters. The number of nitrogens with zero attached hydrogens (tertiary/aromatic N) is 2. The summed E-state index contributed by atoms with van der Waals surface area (Å²) in [5.41, 5.74) is 3.25. The Kier molecular flexibility index (Phi) is 7.09. The van der Waals surface area contributed by atoms with Crippen LogP contribution >= 0.6 is 23.2 Å². The molecule has 160 valence electrons. The third kappa shape index (κ3) is 5.51. The normalized spacial score (nSPS) is 10.5. The standard InChI is InChI=1S/C22H20Cl2N4O3/c1-12-8-15(31-11-19(29)25-3)9-13(2)20(12)28-22(30)21-26-7-6-18(27-21)16-10-14(23)4-5-17(16)24/h4-10H,11H2,1-3H3,(H,25,29)(H,28,30). The number of aryl methyl sites for hydroxylation is 2. The van der Waals surface area contributed by atoms with Gasteiger partial charge in [-0.3, -0.25) is 9.59 Å². The molecule has 0 aliphatic rings. The zero-order chi connectivity index (χ0) is 22.5. The van der Waals surface area contributed by atoms with Crippen molar-refractivity contribution >= 4 is 40.7 Å². The molecule has 2 N–H and O–H groups in total. The van der Waals surface area contributed by atoms with Gasteiger partial charge in [-0.05, 0) is 61.4 Å². The minimum absolute atomic E-state index is 0.00714. The van der Waals surface area contributed by atoms with Gasteiger partial charge in [0.1, 0.15) is 5.75 Å². The summed E-state index contributed by atoms with van der Waals surface area (Å²) in [6.45, 7) is 3.57. The zero-order valence-electron chi connectivity index (χ0n) is 17.1. The average molecular weight is 459 g/mol. The lowest BCUT2D eigenvalue weighted by Crippen LogP contribution is -2.24. The number of anilines is 1. The number of carbonyl (C=O) groups is 2. The summed E-state index contributed by atoms with van der Waals surface area (Å²) in [5, 5.41) is 6.31. The molecule has 31 heavy (non-hydrogen) atoms. The van der Waals surface area contributed by atoms with Gasteiger partial charge < -0.3 is 15.4 Å². The number of hydrogen-bond donors (Lipinski definition) is 2. The molecule has 0 saturated heterocycles. The number of nitrogens with one attached hydrogen (secondary N) is 2. The number of aromatic nitrogens is 2. The predicted molar refractivity (Wildman–Crippen MR) is 121 cm³/mol. The summed E-state index contributed by atoms with van der Waals surface area (Å²) in [6, 6.07) is 10.2. The molecule has 0 atom stereocenters. The minimum Gasteiger partial charge on any atom is -0.484 e. The molecule has 1 aromatic heterocycles. The fourth-order valence-corrected chi connectivity index (χ4v) is 3.29. The van der Waals surface area contributed by atoms with E-state index in [1.165, 1.54) is 13.2 Å². The molecule has 0 aliphatic heterocycles. The minimum atomic E-state index is -0.467. The van der Waals surface area contributed by atoms with Gasteiger partial charge in [0, 0.05) is 29.5 Å². The van der Waals surface area contributed by atoms with Gasteiger partial charge in [-0.1, -0.05) is 23.2 Å². The number of rotatable bonds is 6. The second kappa shape index (κ2) is 9.76. The molecular weight excluding hydrogens is 439 g/mol. The molecule has 0 spiro atoms. The van der Waals surface area contributed by atoms with E-state index in [1.807, 2.05) is 13.8 Å². The van der Waals surface area contributed by atoms with Crippen LogP contribution in [0.1, 0.15) is 21.7 Å². The van der Waals surface area contributed by atoms with Gasteiger partial charge in [-0.25, -0.2) is 9.97 Å². The summed E-state index contributed by atoms with van der Waals surface area (Å²) in [4.78, 5) is 32.6. The number of halogens is 2. The summed E-state index contributed by atoms with van der Waals surface area (Å²) in [6.07, 6.45) is 1.49. The SMILES string of the molecule is CNC(=O)COc1cc(C)c(NC(=O)c2nccc(-c3cc(Cl)ccc3Cl)n2)c(C)c1. The predicted octanol–water partition coefficient (Wildman–Crippen LogP) is 4.44. The Morgan fingerprint density at radius 2 is 1.77 bits per heavy atom.